The minimum absolute atomic E-state index is 0.00385. The monoisotopic (exact) mass is 603 g/mol. The van der Waals surface area contributed by atoms with Gasteiger partial charge in [-0.1, -0.05) is 24.6 Å². The second-order valence-corrected chi connectivity index (χ2v) is 13.0. The molecule has 4 rings (SSSR count). The van der Waals surface area contributed by atoms with Crippen LogP contribution < -0.4 is 23.8 Å². The van der Waals surface area contributed by atoms with Gasteiger partial charge in [-0.25, -0.2) is 16.8 Å². The highest BCUT2D eigenvalue weighted by Gasteiger charge is 2.30. The van der Waals surface area contributed by atoms with Crippen LogP contribution in [-0.2, 0) is 24.8 Å². The predicted octanol–water partition coefficient (Wildman–Crippen LogP) is 3.72. The first-order chi connectivity index (χ1) is 19.6. The molecule has 0 spiro atoms. The highest BCUT2D eigenvalue weighted by molar-refractivity contribution is 7.92. The van der Waals surface area contributed by atoms with Crippen molar-refractivity contribution in [3.8, 4) is 17.2 Å². The summed E-state index contributed by atoms with van der Waals surface area (Å²) in [6.45, 7) is 0.223. The average Bonchev–Trinajstić information content (AvgIpc) is 3.00. The zero-order valence-electron chi connectivity index (χ0n) is 23.1. The number of carbonyl (C=O) groups excluding carboxylic acids is 1. The molecule has 3 aromatic rings. The Kier molecular flexibility index (Phi) is 9.41. The lowest BCUT2D eigenvalue weighted by Gasteiger charge is -2.26. The largest absolute Gasteiger partial charge is 0.495 e. The molecule has 1 aliphatic heterocycles. The van der Waals surface area contributed by atoms with Gasteiger partial charge in [0.2, 0.25) is 15.9 Å². The molecule has 0 radical (unpaired) electrons. The van der Waals surface area contributed by atoms with Gasteiger partial charge in [-0.05, 0) is 55.3 Å². The number of methoxy groups -OCH3 is 3. The minimum Gasteiger partial charge on any atom is -0.495 e. The topological polar surface area (TPSA) is 132 Å². The molecule has 0 atom stereocenters. The Hall–Kier alpha value is -3.81. The van der Waals surface area contributed by atoms with E-state index < -0.39 is 32.5 Å². The van der Waals surface area contributed by atoms with Crippen molar-refractivity contribution in [1.82, 2.24) is 4.31 Å². The highest BCUT2D eigenvalue weighted by atomic mass is 32.2. The van der Waals surface area contributed by atoms with E-state index in [4.69, 9.17) is 14.2 Å². The number of carbonyl (C=O) groups is 1. The molecule has 1 saturated heterocycles. The van der Waals surface area contributed by atoms with E-state index in [-0.39, 0.29) is 32.7 Å². The lowest BCUT2D eigenvalue weighted by Crippen LogP contribution is -2.38. The molecule has 1 amide bonds. The standard InChI is InChI=1S/C28H33N3O8S2/c1-37-25-15-13-23(40(33,34)30-16-8-5-9-17-30)19-24(25)29-28(32)20-31(41(35,36)22-10-6-4-7-11-22)21-12-14-26(38-2)27(18-21)39-3/h4,6-7,10-15,18-19H,5,8-9,16-17,20H2,1-3H3,(H,29,32). The predicted molar refractivity (Wildman–Crippen MR) is 155 cm³/mol. The number of nitrogens with zero attached hydrogens (tertiary/aromatic N) is 2. The molecule has 220 valence electrons. The molecular weight excluding hydrogens is 570 g/mol. The number of benzene rings is 3. The van der Waals surface area contributed by atoms with E-state index >= 15 is 0 Å². The number of nitrogens with one attached hydrogen (secondary N) is 1. The van der Waals surface area contributed by atoms with E-state index in [0.29, 0.717) is 18.8 Å². The van der Waals surface area contributed by atoms with E-state index in [9.17, 15) is 21.6 Å². The van der Waals surface area contributed by atoms with Crippen LogP contribution in [0.2, 0.25) is 0 Å². The Morgan fingerprint density at radius 1 is 0.780 bits per heavy atom. The minimum atomic E-state index is -4.21. The molecule has 1 N–H and O–H groups in total. The van der Waals surface area contributed by atoms with Gasteiger partial charge in [0, 0.05) is 19.2 Å². The van der Waals surface area contributed by atoms with Crippen LogP contribution in [0.5, 0.6) is 17.2 Å². The van der Waals surface area contributed by atoms with Crippen LogP contribution in [0.3, 0.4) is 0 Å². The molecule has 0 aromatic heterocycles. The van der Waals surface area contributed by atoms with Crippen molar-refractivity contribution in [2.45, 2.75) is 29.1 Å². The number of anilines is 2. The fourth-order valence-electron chi connectivity index (χ4n) is 4.53. The SMILES string of the molecule is COc1ccc(S(=O)(=O)N2CCCCC2)cc1NC(=O)CN(c1ccc(OC)c(OC)c1)S(=O)(=O)c1ccccc1. The molecule has 1 heterocycles. The summed E-state index contributed by atoms with van der Waals surface area (Å²) in [6, 6.07) is 16.4. The van der Waals surface area contributed by atoms with Crippen molar-refractivity contribution in [1.29, 1.82) is 0 Å². The maximum absolute atomic E-state index is 13.7. The van der Waals surface area contributed by atoms with Gasteiger partial charge in [-0.2, -0.15) is 4.31 Å². The van der Waals surface area contributed by atoms with Crippen LogP contribution in [0.15, 0.2) is 76.5 Å². The summed E-state index contributed by atoms with van der Waals surface area (Å²) in [5.41, 5.74) is 0.259. The fraction of sp³-hybridized carbons (Fsp3) is 0.321. The zero-order valence-corrected chi connectivity index (χ0v) is 24.7. The van der Waals surface area contributed by atoms with Crippen molar-refractivity contribution >= 4 is 37.3 Å². The summed E-state index contributed by atoms with van der Waals surface area (Å²) in [5.74, 6) is 0.162. The number of sulfonamides is 2. The van der Waals surface area contributed by atoms with Gasteiger partial charge in [-0.3, -0.25) is 9.10 Å². The summed E-state index contributed by atoms with van der Waals surface area (Å²) in [5, 5.41) is 2.64. The van der Waals surface area contributed by atoms with Crippen LogP contribution >= 0.6 is 0 Å². The maximum atomic E-state index is 13.7. The van der Waals surface area contributed by atoms with Crippen LogP contribution in [0.25, 0.3) is 0 Å². The molecule has 3 aromatic carbocycles. The Bertz CT molecular complexity index is 1590. The molecule has 1 aliphatic rings. The van der Waals surface area contributed by atoms with Gasteiger partial charge in [-0.15, -0.1) is 0 Å². The molecule has 0 saturated carbocycles. The van der Waals surface area contributed by atoms with Gasteiger partial charge in [0.05, 0.1) is 42.5 Å². The lowest BCUT2D eigenvalue weighted by atomic mass is 10.2. The second-order valence-electron chi connectivity index (χ2n) is 9.24. The molecule has 0 bridgehead atoms. The summed E-state index contributed by atoms with van der Waals surface area (Å²) >= 11 is 0. The van der Waals surface area contributed by atoms with Crippen molar-refractivity contribution in [2.24, 2.45) is 0 Å². The third-order valence-electron chi connectivity index (χ3n) is 6.67. The number of rotatable bonds is 11. The van der Waals surface area contributed by atoms with E-state index in [1.165, 1.54) is 74.2 Å². The molecule has 1 fully saturated rings. The third kappa shape index (κ3) is 6.58. The maximum Gasteiger partial charge on any atom is 0.264 e. The smallest absolute Gasteiger partial charge is 0.264 e. The molecule has 11 nitrogen and oxygen atoms in total. The summed E-state index contributed by atoms with van der Waals surface area (Å²) in [6.07, 6.45) is 2.53. The summed E-state index contributed by atoms with van der Waals surface area (Å²) in [4.78, 5) is 13.4. The number of amides is 1. The van der Waals surface area contributed by atoms with E-state index in [1.54, 1.807) is 18.2 Å². The fourth-order valence-corrected chi connectivity index (χ4v) is 7.51. The van der Waals surface area contributed by atoms with Gasteiger partial charge >= 0.3 is 0 Å². The zero-order chi connectivity index (χ0) is 29.6. The van der Waals surface area contributed by atoms with Gasteiger partial charge in [0.1, 0.15) is 12.3 Å². The second kappa shape index (κ2) is 12.8. The summed E-state index contributed by atoms with van der Waals surface area (Å²) in [7, 11) is -3.73. The van der Waals surface area contributed by atoms with Gasteiger partial charge < -0.3 is 19.5 Å². The molecule has 13 heteroatoms. The average molecular weight is 604 g/mol. The number of hydrogen-bond donors (Lipinski definition) is 1. The van der Waals surface area contributed by atoms with Crippen LogP contribution in [0.4, 0.5) is 11.4 Å². The van der Waals surface area contributed by atoms with E-state index in [2.05, 4.69) is 5.32 Å². The summed E-state index contributed by atoms with van der Waals surface area (Å²) < 4.78 is 72.3. The van der Waals surface area contributed by atoms with Gasteiger partial charge in [0.25, 0.3) is 10.0 Å². The third-order valence-corrected chi connectivity index (χ3v) is 10.4. The Labute approximate surface area is 240 Å². The van der Waals surface area contributed by atoms with Crippen molar-refractivity contribution in [3.05, 3.63) is 66.7 Å². The molecule has 0 unspecified atom stereocenters. The molecule has 0 aliphatic carbocycles. The van der Waals surface area contributed by atoms with Crippen LogP contribution in [-0.4, -0.2) is 68.0 Å². The highest BCUT2D eigenvalue weighted by Crippen LogP contribution is 2.34. The Morgan fingerprint density at radius 3 is 2.05 bits per heavy atom. The normalized spacial score (nSPS) is 14.2. The first-order valence-electron chi connectivity index (χ1n) is 12.9. The van der Waals surface area contributed by atoms with Crippen molar-refractivity contribution in [3.63, 3.8) is 0 Å². The first kappa shape index (κ1) is 30.2. The quantitative estimate of drug-likeness (QED) is 0.351. The number of hydrogen-bond acceptors (Lipinski definition) is 8. The van der Waals surface area contributed by atoms with Crippen molar-refractivity contribution < 1.29 is 35.8 Å². The first-order valence-corrected chi connectivity index (χ1v) is 15.8. The number of ether oxygens (including phenoxy) is 3. The van der Waals surface area contributed by atoms with E-state index in [1.807, 2.05) is 0 Å². The number of piperidine rings is 1. The van der Waals surface area contributed by atoms with E-state index in [0.717, 1.165) is 23.6 Å². The van der Waals surface area contributed by atoms with Gasteiger partial charge in [0.15, 0.2) is 11.5 Å². The van der Waals surface area contributed by atoms with Crippen LogP contribution in [0, 0.1) is 0 Å². The lowest BCUT2D eigenvalue weighted by molar-refractivity contribution is -0.114. The molecular formula is C28H33N3O8S2. The Balaban J connectivity index is 1.68. The Morgan fingerprint density at radius 2 is 1.41 bits per heavy atom. The van der Waals surface area contributed by atoms with Crippen molar-refractivity contribution in [2.75, 3.05) is 50.6 Å². The molecule has 41 heavy (non-hydrogen) atoms. The van der Waals surface area contributed by atoms with Crippen LogP contribution in [0.1, 0.15) is 19.3 Å².